The molecule has 0 aliphatic carbocycles. The normalized spacial score (nSPS) is 14.1. The molecule has 0 saturated carbocycles. The fraction of sp³-hybridized carbons (Fsp3) is 0.200. The summed E-state index contributed by atoms with van der Waals surface area (Å²) < 4.78 is 1.58. The molecule has 0 atom stereocenters. The van der Waals surface area contributed by atoms with E-state index >= 15 is 0 Å². The number of rotatable bonds is 3. The largest absolute Gasteiger partial charge is 0.382 e. The van der Waals surface area contributed by atoms with Gasteiger partial charge in [0.1, 0.15) is 11.4 Å². The number of aromatic nitrogens is 2. The lowest BCUT2D eigenvalue weighted by atomic mass is 10.1. The number of para-hydroxylation sites is 1. The summed E-state index contributed by atoms with van der Waals surface area (Å²) in [6.45, 7) is 1.44. The molecule has 1 saturated heterocycles. The van der Waals surface area contributed by atoms with Gasteiger partial charge in [-0.3, -0.25) is 0 Å². The van der Waals surface area contributed by atoms with Gasteiger partial charge < -0.3 is 16.0 Å². The van der Waals surface area contributed by atoms with Crippen molar-refractivity contribution in [3.8, 4) is 16.9 Å². The minimum Gasteiger partial charge on any atom is -0.382 e. The number of carbonyl (C=O) groups excluding carboxylic acids is 1. The molecule has 4 rings (SSSR count). The number of urea groups is 1. The first-order valence-corrected chi connectivity index (χ1v) is 10.5. The first kappa shape index (κ1) is 18.7. The molecule has 3 aromatic rings. The van der Waals surface area contributed by atoms with Crippen molar-refractivity contribution in [2.45, 2.75) is 0 Å². The summed E-state index contributed by atoms with van der Waals surface area (Å²) in [4.78, 5) is 14.6. The Morgan fingerprint density at radius 2 is 1.75 bits per heavy atom. The number of carbonyl (C=O) groups is 1. The Kier molecular flexibility index (Phi) is 5.45. The summed E-state index contributed by atoms with van der Waals surface area (Å²) in [5.74, 6) is 2.22. The lowest BCUT2D eigenvalue weighted by Crippen LogP contribution is -2.40. The predicted octanol–water partition coefficient (Wildman–Crippen LogP) is 4.36. The van der Waals surface area contributed by atoms with Crippen LogP contribution in [0.4, 0.5) is 16.3 Å². The smallest absolute Gasteiger partial charge is 0.322 e. The van der Waals surface area contributed by atoms with Crippen LogP contribution in [0.15, 0.2) is 54.6 Å². The van der Waals surface area contributed by atoms with Crippen LogP contribution in [-0.4, -0.2) is 45.3 Å². The van der Waals surface area contributed by atoms with Gasteiger partial charge in [0.25, 0.3) is 0 Å². The van der Waals surface area contributed by atoms with Crippen LogP contribution in [0, 0.1) is 0 Å². The molecule has 1 aromatic heterocycles. The predicted molar refractivity (Wildman–Crippen MR) is 116 cm³/mol. The highest BCUT2D eigenvalue weighted by atomic mass is 35.5. The Bertz CT molecular complexity index is 986. The number of thioether (sulfide) groups is 1. The molecule has 2 heterocycles. The van der Waals surface area contributed by atoms with Gasteiger partial charge in [-0.2, -0.15) is 16.9 Å². The maximum Gasteiger partial charge on any atom is 0.322 e. The van der Waals surface area contributed by atoms with Crippen LogP contribution in [-0.2, 0) is 0 Å². The van der Waals surface area contributed by atoms with E-state index in [0.717, 1.165) is 30.2 Å². The fourth-order valence-electron chi connectivity index (χ4n) is 3.11. The number of nitrogens with zero attached hydrogens (tertiary/aromatic N) is 3. The van der Waals surface area contributed by atoms with Crippen molar-refractivity contribution in [2.75, 3.05) is 35.6 Å². The molecule has 0 spiro atoms. The fourth-order valence-corrected chi connectivity index (χ4v) is 4.23. The standard InChI is InChI=1S/C20H20ClN5OS/c21-15-8-4-5-9-16(15)26-19(22)18(17(24-26)14-6-2-1-3-7-14)23-20(27)25-10-12-28-13-11-25/h1-9H,10-13,22H2,(H,23,27). The van der Waals surface area contributed by atoms with E-state index in [2.05, 4.69) is 10.4 Å². The average Bonchev–Trinajstić information content (AvgIpc) is 3.06. The van der Waals surface area contributed by atoms with E-state index in [-0.39, 0.29) is 6.03 Å². The molecule has 1 aliphatic rings. The van der Waals surface area contributed by atoms with Crippen LogP contribution in [0.1, 0.15) is 0 Å². The minimum atomic E-state index is -0.164. The highest BCUT2D eigenvalue weighted by molar-refractivity contribution is 7.99. The lowest BCUT2D eigenvalue weighted by Gasteiger charge is -2.26. The summed E-state index contributed by atoms with van der Waals surface area (Å²) in [6.07, 6.45) is 0. The monoisotopic (exact) mass is 413 g/mol. The maximum atomic E-state index is 12.8. The van der Waals surface area contributed by atoms with Gasteiger partial charge in [0.05, 0.1) is 10.7 Å². The molecule has 2 aromatic carbocycles. The molecule has 1 fully saturated rings. The Morgan fingerprint density at radius 1 is 1.07 bits per heavy atom. The second-order valence-corrected chi connectivity index (χ2v) is 8.00. The zero-order valence-electron chi connectivity index (χ0n) is 15.1. The summed E-state index contributed by atoms with van der Waals surface area (Å²) >= 11 is 8.20. The molecule has 3 N–H and O–H groups in total. The zero-order valence-corrected chi connectivity index (χ0v) is 16.7. The first-order valence-electron chi connectivity index (χ1n) is 8.97. The number of anilines is 2. The van der Waals surface area contributed by atoms with E-state index < -0.39 is 0 Å². The van der Waals surface area contributed by atoms with E-state index in [1.807, 2.05) is 60.3 Å². The number of hydrogen-bond donors (Lipinski definition) is 2. The van der Waals surface area contributed by atoms with E-state index in [9.17, 15) is 4.79 Å². The second-order valence-electron chi connectivity index (χ2n) is 6.37. The van der Waals surface area contributed by atoms with Gasteiger partial charge in [0.2, 0.25) is 0 Å². The third-order valence-electron chi connectivity index (χ3n) is 4.58. The van der Waals surface area contributed by atoms with Gasteiger partial charge in [-0.05, 0) is 12.1 Å². The molecule has 2 amide bonds. The molecule has 8 heteroatoms. The van der Waals surface area contributed by atoms with E-state index in [4.69, 9.17) is 17.3 Å². The molecule has 0 unspecified atom stereocenters. The van der Waals surface area contributed by atoms with E-state index in [1.54, 1.807) is 15.6 Å². The number of benzene rings is 2. The van der Waals surface area contributed by atoms with Crippen molar-refractivity contribution >= 4 is 40.9 Å². The molecule has 1 aliphatic heterocycles. The van der Waals surface area contributed by atoms with Crippen molar-refractivity contribution in [1.29, 1.82) is 0 Å². The molecule has 6 nitrogen and oxygen atoms in total. The Hall–Kier alpha value is -2.64. The van der Waals surface area contributed by atoms with Gasteiger partial charge >= 0.3 is 6.03 Å². The van der Waals surface area contributed by atoms with Crippen molar-refractivity contribution in [2.24, 2.45) is 0 Å². The van der Waals surface area contributed by atoms with Crippen LogP contribution in [0.2, 0.25) is 5.02 Å². The molecular weight excluding hydrogens is 394 g/mol. The van der Waals surface area contributed by atoms with Crippen LogP contribution in [0.5, 0.6) is 0 Å². The summed E-state index contributed by atoms with van der Waals surface area (Å²) in [5.41, 5.74) is 9.05. The quantitative estimate of drug-likeness (QED) is 0.669. The molecule has 144 valence electrons. The summed E-state index contributed by atoms with van der Waals surface area (Å²) in [7, 11) is 0. The van der Waals surface area contributed by atoms with Crippen molar-refractivity contribution in [1.82, 2.24) is 14.7 Å². The van der Waals surface area contributed by atoms with Crippen LogP contribution >= 0.6 is 23.4 Å². The van der Waals surface area contributed by atoms with Gasteiger partial charge in [-0.15, -0.1) is 0 Å². The van der Waals surface area contributed by atoms with Crippen molar-refractivity contribution in [3.05, 3.63) is 59.6 Å². The van der Waals surface area contributed by atoms with Gasteiger partial charge in [0.15, 0.2) is 5.82 Å². The minimum absolute atomic E-state index is 0.164. The van der Waals surface area contributed by atoms with Crippen LogP contribution in [0.3, 0.4) is 0 Å². The Labute approximate surface area is 172 Å². The van der Waals surface area contributed by atoms with Crippen molar-refractivity contribution in [3.63, 3.8) is 0 Å². The SMILES string of the molecule is Nc1c(NC(=O)N2CCSCC2)c(-c2ccccc2)nn1-c1ccccc1Cl. The third kappa shape index (κ3) is 3.68. The number of halogens is 1. The maximum absolute atomic E-state index is 12.8. The van der Waals surface area contributed by atoms with E-state index in [1.165, 1.54) is 0 Å². The summed E-state index contributed by atoms with van der Waals surface area (Å²) in [5, 5.41) is 8.19. The highest BCUT2D eigenvalue weighted by Crippen LogP contribution is 2.35. The number of nitrogen functional groups attached to an aromatic ring is 1. The molecular formula is C20H20ClN5OS. The molecule has 0 bridgehead atoms. The zero-order chi connectivity index (χ0) is 19.5. The number of nitrogens with two attached hydrogens (primary N) is 1. The van der Waals surface area contributed by atoms with Crippen molar-refractivity contribution < 1.29 is 4.79 Å². The third-order valence-corrected chi connectivity index (χ3v) is 5.84. The van der Waals surface area contributed by atoms with Gasteiger partial charge in [-0.25, -0.2) is 9.48 Å². The summed E-state index contributed by atoms with van der Waals surface area (Å²) in [6, 6.07) is 16.8. The Balaban J connectivity index is 1.77. The number of hydrogen-bond acceptors (Lipinski definition) is 4. The van der Waals surface area contributed by atoms with Gasteiger partial charge in [0, 0.05) is 30.2 Å². The van der Waals surface area contributed by atoms with Crippen LogP contribution < -0.4 is 11.1 Å². The highest BCUT2D eigenvalue weighted by Gasteiger charge is 2.24. The number of nitrogens with one attached hydrogen (secondary N) is 1. The second kappa shape index (κ2) is 8.16. The lowest BCUT2D eigenvalue weighted by molar-refractivity contribution is 0.217. The average molecular weight is 414 g/mol. The van der Waals surface area contributed by atoms with Gasteiger partial charge in [-0.1, -0.05) is 54.1 Å². The molecule has 0 radical (unpaired) electrons. The van der Waals surface area contributed by atoms with E-state index in [0.29, 0.717) is 27.9 Å². The first-order chi connectivity index (χ1) is 13.6. The van der Waals surface area contributed by atoms with Crippen LogP contribution in [0.25, 0.3) is 16.9 Å². The molecule has 28 heavy (non-hydrogen) atoms. The number of amides is 2. The Morgan fingerprint density at radius 3 is 2.46 bits per heavy atom. The topological polar surface area (TPSA) is 76.2 Å².